The van der Waals surface area contributed by atoms with E-state index in [-0.39, 0.29) is 0 Å². The molecule has 0 radical (unpaired) electrons. The highest BCUT2D eigenvalue weighted by atomic mass is 15.0. The lowest BCUT2D eigenvalue weighted by Crippen LogP contribution is -2.26. The molecule has 1 rings (SSSR count). The lowest BCUT2D eigenvalue weighted by molar-refractivity contribution is 0.209. The zero-order valence-electron chi connectivity index (χ0n) is 9.20. The second-order valence-corrected chi connectivity index (χ2v) is 6.03. The van der Waals surface area contributed by atoms with E-state index in [4.69, 9.17) is 0 Å². The minimum Gasteiger partial charge on any atom is -0.314 e. The van der Waals surface area contributed by atoms with Crippen molar-refractivity contribution < 1.29 is 0 Å². The third-order valence-corrected chi connectivity index (χ3v) is 2.63. The van der Waals surface area contributed by atoms with Gasteiger partial charge in [-0.1, -0.05) is 27.7 Å². The highest BCUT2D eigenvalue weighted by Gasteiger charge is 2.35. The lowest BCUT2D eigenvalue weighted by atomic mass is 9.74. The summed E-state index contributed by atoms with van der Waals surface area (Å²) in [6, 6.07) is 0.720. The average Bonchev–Trinajstić information content (AvgIpc) is 2.05. The van der Waals surface area contributed by atoms with Crippen molar-refractivity contribution >= 4 is 0 Å². The van der Waals surface area contributed by atoms with Crippen LogP contribution in [-0.4, -0.2) is 12.6 Å². The van der Waals surface area contributed by atoms with Crippen LogP contribution >= 0.6 is 0 Å². The Bertz CT molecular complexity index is 157. The van der Waals surface area contributed by atoms with Gasteiger partial charge in [-0.05, 0) is 30.6 Å². The van der Waals surface area contributed by atoms with Gasteiger partial charge in [0.2, 0.25) is 0 Å². The first-order valence-electron chi connectivity index (χ1n) is 5.04. The predicted octanol–water partition coefficient (Wildman–Crippen LogP) is 2.81. The fourth-order valence-corrected chi connectivity index (χ4v) is 2.72. The Balaban J connectivity index is 2.51. The Morgan fingerprint density at radius 1 is 1.42 bits per heavy atom. The molecule has 0 aliphatic carbocycles. The summed E-state index contributed by atoms with van der Waals surface area (Å²) in [6.07, 6.45) is 2.67. The van der Waals surface area contributed by atoms with Crippen molar-refractivity contribution in [1.82, 2.24) is 5.32 Å². The van der Waals surface area contributed by atoms with E-state index in [1.54, 1.807) is 0 Å². The average molecular weight is 169 g/mol. The molecule has 1 heterocycles. The van der Waals surface area contributed by atoms with Gasteiger partial charge in [0.15, 0.2) is 0 Å². The zero-order valence-corrected chi connectivity index (χ0v) is 9.20. The Kier molecular flexibility index (Phi) is 2.53. The largest absolute Gasteiger partial charge is 0.314 e. The number of hydrogen-bond acceptors (Lipinski definition) is 1. The molecule has 0 spiro atoms. The standard InChI is InChI=1S/C11H23N/c1-9-6-11(5,8-12-9)7-10(2,3)4/h9,12H,6-8H2,1-5H3. The molecule has 0 amide bonds. The Morgan fingerprint density at radius 3 is 2.33 bits per heavy atom. The molecule has 2 unspecified atom stereocenters. The van der Waals surface area contributed by atoms with E-state index >= 15 is 0 Å². The van der Waals surface area contributed by atoms with Crippen LogP contribution < -0.4 is 5.32 Å². The molecule has 72 valence electrons. The Labute approximate surface area is 76.9 Å². The van der Waals surface area contributed by atoms with Gasteiger partial charge in [0, 0.05) is 12.6 Å². The second-order valence-electron chi connectivity index (χ2n) is 6.03. The zero-order chi connectivity index (χ0) is 9.41. The maximum Gasteiger partial charge on any atom is 0.00446 e. The van der Waals surface area contributed by atoms with Crippen molar-refractivity contribution in [2.24, 2.45) is 10.8 Å². The van der Waals surface area contributed by atoms with Crippen molar-refractivity contribution in [2.75, 3.05) is 6.54 Å². The molecule has 1 N–H and O–H groups in total. The summed E-state index contributed by atoms with van der Waals surface area (Å²) in [5, 5.41) is 3.53. The molecule has 1 saturated heterocycles. The Hall–Kier alpha value is -0.0400. The summed E-state index contributed by atoms with van der Waals surface area (Å²) in [4.78, 5) is 0. The summed E-state index contributed by atoms with van der Waals surface area (Å²) in [7, 11) is 0. The molecule has 0 bridgehead atoms. The van der Waals surface area contributed by atoms with Crippen molar-refractivity contribution in [1.29, 1.82) is 0 Å². The van der Waals surface area contributed by atoms with Gasteiger partial charge in [0.25, 0.3) is 0 Å². The van der Waals surface area contributed by atoms with Gasteiger partial charge in [-0.2, -0.15) is 0 Å². The van der Waals surface area contributed by atoms with Gasteiger partial charge in [-0.3, -0.25) is 0 Å². The summed E-state index contributed by atoms with van der Waals surface area (Å²) in [5.41, 5.74) is 1.01. The monoisotopic (exact) mass is 169 g/mol. The summed E-state index contributed by atoms with van der Waals surface area (Å²) in [5.74, 6) is 0. The highest BCUT2D eigenvalue weighted by molar-refractivity contribution is 4.91. The van der Waals surface area contributed by atoms with Gasteiger partial charge >= 0.3 is 0 Å². The van der Waals surface area contributed by atoms with Crippen LogP contribution in [0.2, 0.25) is 0 Å². The van der Waals surface area contributed by atoms with Gasteiger partial charge in [-0.15, -0.1) is 0 Å². The van der Waals surface area contributed by atoms with E-state index in [1.807, 2.05) is 0 Å². The minimum absolute atomic E-state index is 0.473. The normalized spacial score (nSPS) is 37.2. The smallest absolute Gasteiger partial charge is 0.00446 e. The molecule has 0 aromatic heterocycles. The topological polar surface area (TPSA) is 12.0 Å². The highest BCUT2D eigenvalue weighted by Crippen LogP contribution is 2.39. The fraction of sp³-hybridized carbons (Fsp3) is 1.00. The van der Waals surface area contributed by atoms with E-state index in [2.05, 4.69) is 39.9 Å². The summed E-state index contributed by atoms with van der Waals surface area (Å²) < 4.78 is 0. The third-order valence-electron chi connectivity index (χ3n) is 2.63. The van der Waals surface area contributed by atoms with Gasteiger partial charge < -0.3 is 5.32 Å². The molecular weight excluding hydrogens is 146 g/mol. The molecule has 0 aromatic rings. The van der Waals surface area contributed by atoms with Gasteiger partial charge in [-0.25, -0.2) is 0 Å². The maximum atomic E-state index is 3.53. The van der Waals surface area contributed by atoms with E-state index in [0.29, 0.717) is 10.8 Å². The molecule has 2 atom stereocenters. The molecule has 1 aliphatic heterocycles. The molecule has 12 heavy (non-hydrogen) atoms. The van der Waals surface area contributed by atoms with Crippen LogP contribution in [0.4, 0.5) is 0 Å². The van der Waals surface area contributed by atoms with Crippen molar-refractivity contribution in [2.45, 2.75) is 53.5 Å². The first-order chi connectivity index (χ1) is 5.31. The van der Waals surface area contributed by atoms with Crippen molar-refractivity contribution in [3.8, 4) is 0 Å². The summed E-state index contributed by atoms with van der Waals surface area (Å²) >= 11 is 0. The van der Waals surface area contributed by atoms with Crippen LogP contribution in [0.3, 0.4) is 0 Å². The van der Waals surface area contributed by atoms with E-state index < -0.39 is 0 Å². The fourth-order valence-electron chi connectivity index (χ4n) is 2.72. The lowest BCUT2D eigenvalue weighted by Gasteiger charge is -2.31. The van der Waals surface area contributed by atoms with Crippen molar-refractivity contribution in [3.05, 3.63) is 0 Å². The third kappa shape index (κ3) is 2.78. The number of nitrogens with one attached hydrogen (secondary N) is 1. The quantitative estimate of drug-likeness (QED) is 0.636. The molecule has 1 fully saturated rings. The molecule has 1 heteroatoms. The van der Waals surface area contributed by atoms with Crippen LogP contribution in [0.15, 0.2) is 0 Å². The van der Waals surface area contributed by atoms with Crippen LogP contribution in [0, 0.1) is 10.8 Å². The minimum atomic E-state index is 0.473. The van der Waals surface area contributed by atoms with Crippen LogP contribution in [0.25, 0.3) is 0 Å². The van der Waals surface area contributed by atoms with Crippen molar-refractivity contribution in [3.63, 3.8) is 0 Å². The second kappa shape index (κ2) is 3.02. The van der Waals surface area contributed by atoms with Crippen LogP contribution in [0.5, 0.6) is 0 Å². The molecule has 0 aromatic carbocycles. The SMILES string of the molecule is CC1CC(C)(CC(C)(C)C)CN1. The number of hydrogen-bond donors (Lipinski definition) is 1. The van der Waals surface area contributed by atoms with E-state index in [9.17, 15) is 0 Å². The first-order valence-corrected chi connectivity index (χ1v) is 5.04. The van der Waals surface area contributed by atoms with E-state index in [1.165, 1.54) is 19.4 Å². The van der Waals surface area contributed by atoms with E-state index in [0.717, 1.165) is 6.04 Å². The maximum absolute atomic E-state index is 3.53. The van der Waals surface area contributed by atoms with Gasteiger partial charge in [0.1, 0.15) is 0 Å². The molecule has 1 nitrogen and oxygen atoms in total. The molecule has 1 aliphatic rings. The summed E-state index contributed by atoms with van der Waals surface area (Å²) in [6.45, 7) is 12.9. The van der Waals surface area contributed by atoms with Crippen LogP contribution in [-0.2, 0) is 0 Å². The molecular formula is C11H23N. The predicted molar refractivity (Wildman–Crippen MR) is 54.3 cm³/mol. The van der Waals surface area contributed by atoms with Crippen LogP contribution in [0.1, 0.15) is 47.5 Å². The first kappa shape index (κ1) is 10.0. The Morgan fingerprint density at radius 2 is 2.00 bits per heavy atom. The van der Waals surface area contributed by atoms with Gasteiger partial charge in [0.05, 0.1) is 0 Å². The number of rotatable bonds is 1. The molecule has 0 saturated carbocycles.